The van der Waals surface area contributed by atoms with Gasteiger partial charge in [0.15, 0.2) is 6.61 Å². The van der Waals surface area contributed by atoms with E-state index in [-0.39, 0.29) is 18.6 Å². The number of hydrogen-bond donors (Lipinski definition) is 1. The predicted molar refractivity (Wildman–Crippen MR) is 115 cm³/mol. The van der Waals surface area contributed by atoms with Crippen LogP contribution in [-0.4, -0.2) is 59.5 Å². The maximum atomic E-state index is 13.2. The van der Waals surface area contributed by atoms with Crippen molar-refractivity contribution in [1.82, 2.24) is 20.1 Å². The van der Waals surface area contributed by atoms with Crippen molar-refractivity contribution in [2.75, 3.05) is 26.7 Å². The van der Waals surface area contributed by atoms with Crippen LogP contribution in [0, 0.1) is 5.82 Å². The zero-order valence-corrected chi connectivity index (χ0v) is 18.4. The number of alkyl halides is 2. The van der Waals surface area contributed by atoms with E-state index < -0.39 is 18.3 Å². The van der Waals surface area contributed by atoms with Crippen LogP contribution in [0.4, 0.5) is 18.0 Å². The molecule has 9 heteroatoms. The van der Waals surface area contributed by atoms with Crippen LogP contribution < -0.4 is 10.1 Å². The molecule has 174 valence electrons. The highest BCUT2D eigenvalue weighted by molar-refractivity contribution is 5.74. The molecule has 0 atom stereocenters. The van der Waals surface area contributed by atoms with Crippen LogP contribution in [0.5, 0.6) is 5.75 Å². The Kier molecular flexibility index (Phi) is 7.95. The van der Waals surface area contributed by atoms with Crippen LogP contribution in [-0.2, 0) is 13.1 Å². The molecule has 2 amide bonds. The number of urea groups is 1. The average molecular weight is 451 g/mol. The van der Waals surface area contributed by atoms with E-state index in [9.17, 15) is 18.0 Å². The summed E-state index contributed by atoms with van der Waals surface area (Å²) < 4.78 is 44.1. The monoisotopic (exact) mass is 450 g/mol. The van der Waals surface area contributed by atoms with Gasteiger partial charge in [-0.3, -0.25) is 4.98 Å². The van der Waals surface area contributed by atoms with Crippen molar-refractivity contribution < 1.29 is 22.7 Å². The fourth-order valence-electron chi connectivity index (χ4n) is 3.54. The number of nitrogens with one attached hydrogen (secondary N) is 1. The Morgan fingerprint density at radius 3 is 2.50 bits per heavy atom. The number of aromatic nitrogens is 1. The average Bonchev–Trinajstić information content (AvgIpc) is 2.76. The smallest absolute Gasteiger partial charge is 0.318 e. The summed E-state index contributed by atoms with van der Waals surface area (Å²) in [5, 5.41) is 2.93. The summed E-state index contributed by atoms with van der Waals surface area (Å²) in [6.45, 7) is 2.47. The number of carbonyl (C=O) groups excluding carboxylic acids is 1. The second-order valence-electron chi connectivity index (χ2n) is 8.29. The molecule has 1 fully saturated rings. The molecule has 0 unspecified atom stereocenters. The quantitative estimate of drug-likeness (QED) is 0.659. The number of nitrogens with zero attached hydrogens (tertiary/aromatic N) is 3. The molecule has 32 heavy (non-hydrogen) atoms. The molecule has 0 spiro atoms. The molecule has 1 aromatic heterocycles. The van der Waals surface area contributed by atoms with Gasteiger partial charge < -0.3 is 19.9 Å². The molecular formula is C23H29F3N4O2. The summed E-state index contributed by atoms with van der Waals surface area (Å²) in [5.74, 6) is -2.97. The molecule has 1 aliphatic heterocycles. The van der Waals surface area contributed by atoms with Gasteiger partial charge in [0.05, 0.1) is 18.4 Å². The van der Waals surface area contributed by atoms with E-state index in [1.54, 1.807) is 35.2 Å². The fourth-order valence-corrected chi connectivity index (χ4v) is 3.54. The minimum atomic E-state index is -2.90. The van der Waals surface area contributed by atoms with Crippen molar-refractivity contribution >= 4 is 6.03 Å². The highest BCUT2D eigenvalue weighted by Crippen LogP contribution is 2.20. The minimum Gasteiger partial charge on any atom is -0.487 e. The number of halogens is 3. The lowest BCUT2D eigenvalue weighted by Gasteiger charge is -2.37. The van der Waals surface area contributed by atoms with Gasteiger partial charge in [0.1, 0.15) is 11.6 Å². The Hall–Kier alpha value is -2.81. The number of pyridine rings is 1. The van der Waals surface area contributed by atoms with Crippen molar-refractivity contribution in [3.8, 4) is 5.75 Å². The Labute approximate surface area is 186 Å². The Morgan fingerprint density at radius 2 is 1.91 bits per heavy atom. The maximum absolute atomic E-state index is 13.2. The number of benzene rings is 1. The van der Waals surface area contributed by atoms with Crippen molar-refractivity contribution in [1.29, 1.82) is 0 Å². The molecule has 0 radical (unpaired) electrons. The van der Waals surface area contributed by atoms with E-state index >= 15 is 0 Å². The first-order valence-corrected chi connectivity index (χ1v) is 10.6. The molecule has 0 aliphatic carbocycles. The number of amides is 2. The summed E-state index contributed by atoms with van der Waals surface area (Å²) in [7, 11) is 2.05. The van der Waals surface area contributed by atoms with Crippen molar-refractivity contribution in [2.24, 2.45) is 0 Å². The van der Waals surface area contributed by atoms with Crippen LogP contribution in [0.2, 0.25) is 0 Å². The van der Waals surface area contributed by atoms with Gasteiger partial charge in [0.2, 0.25) is 0 Å². The Balaban J connectivity index is 1.60. The summed E-state index contributed by atoms with van der Waals surface area (Å²) in [4.78, 5) is 21.1. The van der Waals surface area contributed by atoms with Crippen LogP contribution >= 0.6 is 0 Å². The first-order chi connectivity index (χ1) is 15.2. The first kappa shape index (κ1) is 23.8. The zero-order chi connectivity index (χ0) is 23.1. The van der Waals surface area contributed by atoms with Gasteiger partial charge in [-0.1, -0.05) is 12.1 Å². The fraction of sp³-hybridized carbons (Fsp3) is 0.478. The van der Waals surface area contributed by atoms with E-state index in [0.29, 0.717) is 18.0 Å². The lowest BCUT2D eigenvalue weighted by molar-refractivity contribution is -0.0229. The van der Waals surface area contributed by atoms with Crippen LogP contribution in [0.25, 0.3) is 0 Å². The van der Waals surface area contributed by atoms with Gasteiger partial charge >= 0.3 is 6.03 Å². The normalized spacial score (nSPS) is 15.4. The number of likely N-dealkylation sites (tertiary alicyclic amines) is 1. The molecule has 1 saturated heterocycles. The van der Waals surface area contributed by atoms with E-state index in [4.69, 9.17) is 4.74 Å². The minimum absolute atomic E-state index is 0.0598. The van der Waals surface area contributed by atoms with Crippen molar-refractivity contribution in [2.45, 2.75) is 44.8 Å². The summed E-state index contributed by atoms with van der Waals surface area (Å²) in [6, 6.07) is 9.42. The molecule has 0 saturated carbocycles. The SMILES string of the molecule is CN1CCC(N(Cc2ccc(F)cn2)C(=O)NCc2ccc(OCC(C)(F)F)cc2)CC1. The third-order valence-electron chi connectivity index (χ3n) is 5.37. The molecule has 2 aromatic rings. The molecule has 3 rings (SSSR count). The first-order valence-electron chi connectivity index (χ1n) is 10.6. The van der Waals surface area contributed by atoms with Gasteiger partial charge in [-0.25, -0.2) is 18.0 Å². The molecule has 0 bridgehead atoms. The Morgan fingerprint density at radius 1 is 1.22 bits per heavy atom. The number of carbonyl (C=O) groups is 1. The van der Waals surface area contributed by atoms with Gasteiger partial charge in [-0.2, -0.15) is 0 Å². The molecule has 1 aliphatic rings. The Bertz CT molecular complexity index is 864. The number of piperidine rings is 1. The maximum Gasteiger partial charge on any atom is 0.318 e. The predicted octanol–water partition coefficient (Wildman–Crippen LogP) is 4.06. The highest BCUT2D eigenvalue weighted by atomic mass is 19.3. The number of rotatable bonds is 8. The molecule has 2 heterocycles. The standard InChI is InChI=1S/C23H29F3N4O2/c1-23(25,26)16-32-21-7-3-17(4-8-21)13-28-22(31)30(20-9-11-29(2)12-10-20)15-19-6-5-18(24)14-27-19/h3-8,14,20H,9-13,15-16H2,1-2H3,(H,28,31). The third kappa shape index (κ3) is 7.40. The lowest BCUT2D eigenvalue weighted by Crippen LogP contribution is -2.49. The van der Waals surface area contributed by atoms with E-state index in [1.807, 2.05) is 0 Å². The molecule has 1 aromatic carbocycles. The van der Waals surface area contributed by atoms with Gasteiger partial charge in [-0.15, -0.1) is 0 Å². The third-order valence-corrected chi connectivity index (χ3v) is 5.37. The largest absolute Gasteiger partial charge is 0.487 e. The van der Waals surface area contributed by atoms with Gasteiger partial charge in [0.25, 0.3) is 5.92 Å². The van der Waals surface area contributed by atoms with Gasteiger partial charge in [0, 0.05) is 19.5 Å². The van der Waals surface area contributed by atoms with Crippen molar-refractivity contribution in [3.63, 3.8) is 0 Å². The lowest BCUT2D eigenvalue weighted by atomic mass is 10.0. The second kappa shape index (κ2) is 10.7. The van der Waals surface area contributed by atoms with Crippen LogP contribution in [0.15, 0.2) is 42.6 Å². The topological polar surface area (TPSA) is 57.7 Å². The number of hydrogen-bond acceptors (Lipinski definition) is 4. The summed E-state index contributed by atoms with van der Waals surface area (Å²) >= 11 is 0. The van der Waals surface area contributed by atoms with E-state index in [0.717, 1.165) is 44.6 Å². The summed E-state index contributed by atoms with van der Waals surface area (Å²) in [6.07, 6.45) is 2.84. The van der Waals surface area contributed by atoms with E-state index in [1.165, 1.54) is 6.07 Å². The molecule has 1 N–H and O–H groups in total. The number of ether oxygens (including phenoxy) is 1. The van der Waals surface area contributed by atoms with Crippen LogP contribution in [0.3, 0.4) is 0 Å². The van der Waals surface area contributed by atoms with Crippen molar-refractivity contribution in [3.05, 3.63) is 59.7 Å². The second-order valence-corrected chi connectivity index (χ2v) is 8.29. The van der Waals surface area contributed by atoms with E-state index in [2.05, 4.69) is 22.2 Å². The molecular weight excluding hydrogens is 421 g/mol. The van der Waals surface area contributed by atoms with Crippen LogP contribution in [0.1, 0.15) is 31.0 Å². The summed E-state index contributed by atoms with van der Waals surface area (Å²) in [5.41, 5.74) is 1.44. The van der Waals surface area contributed by atoms with Gasteiger partial charge in [-0.05, 0) is 62.8 Å². The molecule has 6 nitrogen and oxygen atoms in total. The zero-order valence-electron chi connectivity index (χ0n) is 18.4. The highest BCUT2D eigenvalue weighted by Gasteiger charge is 2.27.